The molecular weight excluding hydrogens is 268 g/mol. The van der Waals surface area contributed by atoms with Crippen LogP contribution in [0.3, 0.4) is 0 Å². The second-order valence-electron chi connectivity index (χ2n) is 3.78. The van der Waals surface area contributed by atoms with Crippen LogP contribution >= 0.6 is 11.8 Å². The summed E-state index contributed by atoms with van der Waals surface area (Å²) >= 11 is 1.60. The lowest BCUT2D eigenvalue weighted by Crippen LogP contribution is -2.14. The number of hydrogen-bond acceptors (Lipinski definition) is 5. The average molecular weight is 284 g/mol. The highest BCUT2D eigenvalue weighted by molar-refractivity contribution is 7.99. The van der Waals surface area contributed by atoms with Gasteiger partial charge in [-0.05, 0) is 17.9 Å². The van der Waals surface area contributed by atoms with Crippen molar-refractivity contribution in [3.63, 3.8) is 0 Å². The highest BCUT2D eigenvalue weighted by Gasteiger charge is 2.08. The van der Waals surface area contributed by atoms with Gasteiger partial charge in [-0.1, -0.05) is 13.0 Å². The zero-order chi connectivity index (χ0) is 13.6. The van der Waals surface area contributed by atoms with Gasteiger partial charge in [0.1, 0.15) is 15.9 Å². The first kappa shape index (κ1) is 14.9. The molecular formula is C12H16N2O2S2. The maximum Gasteiger partial charge on any atom is 0.149 e. The van der Waals surface area contributed by atoms with Crippen molar-refractivity contribution in [1.29, 1.82) is 5.26 Å². The predicted molar refractivity (Wildman–Crippen MR) is 75.8 cm³/mol. The fraction of sp³-hybridized carbons (Fsp3) is 0.417. The van der Waals surface area contributed by atoms with E-state index in [0.717, 1.165) is 10.6 Å². The Morgan fingerprint density at radius 2 is 2.17 bits per heavy atom. The summed E-state index contributed by atoms with van der Waals surface area (Å²) in [6.07, 6.45) is 1.20. The minimum Gasteiger partial charge on any atom is -0.383 e. The molecule has 0 aliphatic rings. The zero-order valence-corrected chi connectivity index (χ0v) is 12.1. The molecule has 98 valence electrons. The number of anilines is 1. The Kier molecular flexibility index (Phi) is 5.51. The van der Waals surface area contributed by atoms with Gasteiger partial charge < -0.3 is 5.32 Å². The Hall–Kier alpha value is -1.19. The molecule has 0 saturated carbocycles. The molecule has 0 aromatic heterocycles. The summed E-state index contributed by atoms with van der Waals surface area (Å²) in [7, 11) is -2.98. The van der Waals surface area contributed by atoms with Crippen LogP contribution in [0.15, 0.2) is 23.1 Å². The lowest BCUT2D eigenvalue weighted by Gasteiger charge is -2.10. The quantitative estimate of drug-likeness (QED) is 0.810. The smallest absolute Gasteiger partial charge is 0.149 e. The van der Waals surface area contributed by atoms with Crippen LogP contribution in [0.2, 0.25) is 0 Å². The first-order chi connectivity index (χ1) is 8.48. The number of sulfone groups is 1. The van der Waals surface area contributed by atoms with Crippen molar-refractivity contribution in [3.8, 4) is 6.07 Å². The van der Waals surface area contributed by atoms with Gasteiger partial charge in [-0.2, -0.15) is 5.26 Å². The van der Waals surface area contributed by atoms with Gasteiger partial charge in [-0.3, -0.25) is 0 Å². The van der Waals surface area contributed by atoms with Gasteiger partial charge in [-0.25, -0.2) is 8.42 Å². The Morgan fingerprint density at radius 1 is 1.44 bits per heavy atom. The molecule has 0 saturated heterocycles. The first-order valence-electron chi connectivity index (χ1n) is 5.55. The molecule has 0 radical (unpaired) electrons. The molecule has 0 spiro atoms. The average Bonchev–Trinajstić information content (AvgIpc) is 2.28. The Bertz CT molecular complexity index is 548. The summed E-state index contributed by atoms with van der Waals surface area (Å²) in [4.78, 5) is 0.921. The monoisotopic (exact) mass is 284 g/mol. The molecule has 6 heteroatoms. The van der Waals surface area contributed by atoms with E-state index in [2.05, 4.69) is 11.4 Å². The van der Waals surface area contributed by atoms with Gasteiger partial charge in [0.05, 0.1) is 17.0 Å². The highest BCUT2D eigenvalue weighted by atomic mass is 32.2. The third-order valence-electron chi connectivity index (χ3n) is 2.23. The van der Waals surface area contributed by atoms with Gasteiger partial charge in [0, 0.05) is 17.7 Å². The van der Waals surface area contributed by atoms with Crippen molar-refractivity contribution >= 4 is 27.3 Å². The minimum atomic E-state index is -2.98. The van der Waals surface area contributed by atoms with Crippen molar-refractivity contribution in [2.24, 2.45) is 0 Å². The zero-order valence-electron chi connectivity index (χ0n) is 10.4. The normalized spacial score (nSPS) is 10.9. The van der Waals surface area contributed by atoms with Gasteiger partial charge in [-0.15, -0.1) is 11.8 Å². The Balaban J connectivity index is 2.83. The molecule has 18 heavy (non-hydrogen) atoms. The molecule has 0 amide bonds. The summed E-state index contributed by atoms with van der Waals surface area (Å²) in [6, 6.07) is 7.72. The van der Waals surface area contributed by atoms with E-state index < -0.39 is 9.84 Å². The maximum atomic E-state index is 11.0. The number of benzene rings is 1. The van der Waals surface area contributed by atoms with Crippen molar-refractivity contribution < 1.29 is 8.42 Å². The third kappa shape index (κ3) is 4.59. The summed E-state index contributed by atoms with van der Waals surface area (Å²) in [5.41, 5.74) is 1.28. The SMILES string of the molecule is CCSc1cccc(NCCS(C)(=O)=O)c1C#N. The molecule has 0 fully saturated rings. The third-order valence-corrected chi connectivity index (χ3v) is 4.11. The van der Waals surface area contributed by atoms with Crippen LogP contribution in [-0.2, 0) is 9.84 Å². The fourth-order valence-corrected chi connectivity index (χ4v) is 2.70. The van der Waals surface area contributed by atoms with Crippen LogP contribution in [0.25, 0.3) is 0 Å². The summed E-state index contributed by atoms with van der Waals surface area (Å²) in [5, 5.41) is 12.2. The second-order valence-corrected chi connectivity index (χ2v) is 7.35. The van der Waals surface area contributed by atoms with E-state index in [1.807, 2.05) is 19.1 Å². The molecule has 1 aromatic carbocycles. The van der Waals surface area contributed by atoms with Crippen LogP contribution in [0.5, 0.6) is 0 Å². The maximum absolute atomic E-state index is 11.0. The molecule has 0 unspecified atom stereocenters. The molecule has 1 N–H and O–H groups in total. The number of nitriles is 1. The number of hydrogen-bond donors (Lipinski definition) is 1. The standard InChI is InChI=1S/C12H16N2O2S2/c1-3-17-12-6-4-5-11(10(12)9-13)14-7-8-18(2,15)16/h4-6,14H,3,7-8H2,1-2H3. The summed E-state index contributed by atoms with van der Waals surface area (Å²) < 4.78 is 22.1. The van der Waals surface area contributed by atoms with E-state index in [1.165, 1.54) is 6.26 Å². The Morgan fingerprint density at radius 3 is 2.72 bits per heavy atom. The van der Waals surface area contributed by atoms with Crippen molar-refractivity contribution in [3.05, 3.63) is 23.8 Å². The van der Waals surface area contributed by atoms with Crippen LogP contribution in [-0.4, -0.2) is 32.7 Å². The van der Waals surface area contributed by atoms with E-state index in [9.17, 15) is 8.42 Å². The molecule has 0 heterocycles. The topological polar surface area (TPSA) is 70.0 Å². The van der Waals surface area contributed by atoms with Crippen molar-refractivity contribution in [2.75, 3.05) is 29.6 Å². The molecule has 0 atom stereocenters. The number of nitrogens with one attached hydrogen (secondary N) is 1. The lowest BCUT2D eigenvalue weighted by molar-refractivity contribution is 0.602. The largest absolute Gasteiger partial charge is 0.383 e. The Labute approximate surface area is 112 Å². The highest BCUT2D eigenvalue weighted by Crippen LogP contribution is 2.27. The molecule has 0 aliphatic heterocycles. The van der Waals surface area contributed by atoms with Gasteiger partial charge in [0.15, 0.2) is 0 Å². The number of nitrogens with zero attached hydrogens (tertiary/aromatic N) is 1. The van der Waals surface area contributed by atoms with E-state index in [-0.39, 0.29) is 5.75 Å². The van der Waals surface area contributed by atoms with Gasteiger partial charge >= 0.3 is 0 Å². The first-order valence-corrected chi connectivity index (χ1v) is 8.60. The van der Waals surface area contributed by atoms with Gasteiger partial charge in [0.2, 0.25) is 0 Å². The number of thioether (sulfide) groups is 1. The molecule has 1 rings (SSSR count). The molecule has 4 nitrogen and oxygen atoms in total. The lowest BCUT2D eigenvalue weighted by atomic mass is 10.2. The van der Waals surface area contributed by atoms with Crippen LogP contribution < -0.4 is 5.32 Å². The van der Waals surface area contributed by atoms with Crippen molar-refractivity contribution in [1.82, 2.24) is 0 Å². The molecule has 1 aromatic rings. The second kappa shape index (κ2) is 6.66. The summed E-state index contributed by atoms with van der Waals surface area (Å²) in [6.45, 7) is 2.34. The minimum absolute atomic E-state index is 0.0585. The predicted octanol–water partition coefficient (Wildman–Crippen LogP) is 2.13. The van der Waals surface area contributed by atoms with E-state index >= 15 is 0 Å². The summed E-state index contributed by atoms with van der Waals surface area (Å²) in [5.74, 6) is 0.949. The number of rotatable bonds is 6. The van der Waals surface area contributed by atoms with E-state index in [0.29, 0.717) is 17.8 Å². The van der Waals surface area contributed by atoms with Gasteiger partial charge in [0.25, 0.3) is 0 Å². The molecule has 0 bridgehead atoms. The van der Waals surface area contributed by atoms with Crippen LogP contribution in [0.1, 0.15) is 12.5 Å². The van der Waals surface area contributed by atoms with Crippen LogP contribution in [0.4, 0.5) is 5.69 Å². The van der Waals surface area contributed by atoms with Crippen LogP contribution in [0, 0.1) is 11.3 Å². The fourth-order valence-electron chi connectivity index (χ4n) is 1.44. The van der Waals surface area contributed by atoms with E-state index in [1.54, 1.807) is 17.8 Å². The molecule has 0 aliphatic carbocycles. The van der Waals surface area contributed by atoms with E-state index in [4.69, 9.17) is 5.26 Å². The van der Waals surface area contributed by atoms with Crippen molar-refractivity contribution in [2.45, 2.75) is 11.8 Å².